The van der Waals surface area contributed by atoms with Crippen molar-refractivity contribution in [3.05, 3.63) is 17.8 Å². The summed E-state index contributed by atoms with van der Waals surface area (Å²) in [5.41, 5.74) is 0. The third-order valence-corrected chi connectivity index (χ3v) is 3.17. The monoisotopic (exact) mass is 222 g/mol. The molecule has 1 aliphatic rings. The van der Waals surface area contributed by atoms with Crippen LogP contribution in [-0.4, -0.2) is 35.8 Å². The Bertz CT molecular complexity index is 349. The highest BCUT2D eigenvalue weighted by atomic mass is 16.4. The third kappa shape index (κ3) is 2.70. The quantitative estimate of drug-likeness (QED) is 0.704. The number of carbonyl (C=O) groups excluding carboxylic acids is 1. The molecule has 1 atom stereocenters. The number of hydrogen-bond donors (Lipinski definition) is 0. The van der Waals surface area contributed by atoms with E-state index in [1.54, 1.807) is 6.20 Å². The molecule has 1 saturated heterocycles. The zero-order valence-corrected chi connectivity index (χ0v) is 9.69. The largest absolute Gasteiger partial charge is 0.445 e. The summed E-state index contributed by atoms with van der Waals surface area (Å²) in [5.74, 6) is 2.11. The van der Waals surface area contributed by atoms with E-state index in [4.69, 9.17) is 4.42 Å². The molecule has 4 nitrogen and oxygen atoms in total. The van der Waals surface area contributed by atoms with Crippen molar-refractivity contribution in [1.29, 1.82) is 0 Å². The molecule has 1 aromatic heterocycles. The predicted molar refractivity (Wildman–Crippen MR) is 60.2 cm³/mol. The first-order chi connectivity index (χ1) is 7.81. The first kappa shape index (κ1) is 11.3. The molecule has 1 aromatic rings. The fourth-order valence-electron chi connectivity index (χ4n) is 2.23. The van der Waals surface area contributed by atoms with Crippen LogP contribution >= 0.6 is 0 Å². The highest BCUT2D eigenvalue weighted by molar-refractivity contribution is 5.52. The van der Waals surface area contributed by atoms with Crippen LogP contribution in [-0.2, 0) is 17.6 Å². The summed E-state index contributed by atoms with van der Waals surface area (Å²) in [6.07, 6.45) is 4.96. The van der Waals surface area contributed by atoms with E-state index in [0.717, 1.165) is 31.7 Å². The lowest BCUT2D eigenvalue weighted by Crippen LogP contribution is -2.20. The number of aromatic nitrogens is 1. The Morgan fingerprint density at radius 1 is 1.69 bits per heavy atom. The Hall–Kier alpha value is -1.16. The molecular weight excluding hydrogens is 204 g/mol. The summed E-state index contributed by atoms with van der Waals surface area (Å²) in [5, 5.41) is 0. The first-order valence-corrected chi connectivity index (χ1v) is 5.91. The second kappa shape index (κ2) is 5.25. The fourth-order valence-corrected chi connectivity index (χ4v) is 2.23. The SMILES string of the molecule is CCN1CCC(Cc2ncc(CC=O)o2)C1. The summed E-state index contributed by atoms with van der Waals surface area (Å²) >= 11 is 0. The minimum atomic E-state index is 0.332. The number of nitrogens with zero attached hydrogens (tertiary/aromatic N) is 2. The average Bonchev–Trinajstić information content (AvgIpc) is 2.89. The van der Waals surface area contributed by atoms with E-state index in [0.29, 0.717) is 18.1 Å². The minimum Gasteiger partial charge on any atom is -0.445 e. The van der Waals surface area contributed by atoms with Crippen LogP contribution in [0.15, 0.2) is 10.6 Å². The van der Waals surface area contributed by atoms with Gasteiger partial charge in [-0.15, -0.1) is 0 Å². The van der Waals surface area contributed by atoms with E-state index in [1.807, 2.05) is 0 Å². The number of likely N-dealkylation sites (tertiary alicyclic amines) is 1. The van der Waals surface area contributed by atoms with Gasteiger partial charge in [0.05, 0.1) is 12.6 Å². The van der Waals surface area contributed by atoms with Crippen molar-refractivity contribution in [1.82, 2.24) is 9.88 Å². The standard InChI is InChI=1S/C12H18N2O2/c1-2-14-5-3-10(9-14)7-12-13-8-11(16-12)4-6-15/h6,8,10H,2-5,7,9H2,1H3. The summed E-state index contributed by atoms with van der Waals surface area (Å²) < 4.78 is 5.49. The topological polar surface area (TPSA) is 46.3 Å². The number of aldehydes is 1. The zero-order chi connectivity index (χ0) is 11.4. The van der Waals surface area contributed by atoms with Gasteiger partial charge in [0.15, 0.2) is 5.89 Å². The number of hydrogen-bond acceptors (Lipinski definition) is 4. The average molecular weight is 222 g/mol. The van der Waals surface area contributed by atoms with E-state index < -0.39 is 0 Å². The molecule has 1 unspecified atom stereocenters. The van der Waals surface area contributed by atoms with Gasteiger partial charge in [-0.1, -0.05) is 6.92 Å². The molecule has 0 spiro atoms. The predicted octanol–water partition coefficient (Wildman–Crippen LogP) is 1.30. The molecule has 0 N–H and O–H groups in total. The third-order valence-electron chi connectivity index (χ3n) is 3.17. The van der Waals surface area contributed by atoms with Gasteiger partial charge in [0.25, 0.3) is 0 Å². The van der Waals surface area contributed by atoms with E-state index in [-0.39, 0.29) is 0 Å². The van der Waals surface area contributed by atoms with Crippen molar-refractivity contribution < 1.29 is 9.21 Å². The van der Waals surface area contributed by atoms with Crippen LogP contribution < -0.4 is 0 Å². The van der Waals surface area contributed by atoms with Crippen LogP contribution in [0.2, 0.25) is 0 Å². The van der Waals surface area contributed by atoms with Crippen molar-refractivity contribution in [3.63, 3.8) is 0 Å². The summed E-state index contributed by atoms with van der Waals surface area (Å²) in [6.45, 7) is 5.64. The Morgan fingerprint density at radius 3 is 3.25 bits per heavy atom. The normalized spacial score (nSPS) is 21.4. The van der Waals surface area contributed by atoms with Gasteiger partial charge in [-0.2, -0.15) is 0 Å². The second-order valence-electron chi connectivity index (χ2n) is 4.34. The van der Waals surface area contributed by atoms with Crippen LogP contribution in [0.4, 0.5) is 0 Å². The molecule has 0 saturated carbocycles. The van der Waals surface area contributed by atoms with Gasteiger partial charge in [-0.25, -0.2) is 4.98 Å². The molecule has 0 amide bonds. The molecule has 88 valence electrons. The minimum absolute atomic E-state index is 0.332. The van der Waals surface area contributed by atoms with Gasteiger partial charge in [0.2, 0.25) is 0 Å². The molecule has 16 heavy (non-hydrogen) atoms. The highest BCUT2D eigenvalue weighted by Gasteiger charge is 2.22. The van der Waals surface area contributed by atoms with E-state index in [1.165, 1.54) is 13.0 Å². The van der Waals surface area contributed by atoms with E-state index in [2.05, 4.69) is 16.8 Å². The van der Waals surface area contributed by atoms with E-state index in [9.17, 15) is 4.79 Å². The molecule has 0 aliphatic carbocycles. The maximum Gasteiger partial charge on any atom is 0.194 e. The molecular formula is C12H18N2O2. The Kier molecular flexibility index (Phi) is 3.72. The van der Waals surface area contributed by atoms with Gasteiger partial charge < -0.3 is 14.1 Å². The lowest BCUT2D eigenvalue weighted by molar-refractivity contribution is -0.107. The van der Waals surface area contributed by atoms with Crippen molar-refractivity contribution in [2.75, 3.05) is 19.6 Å². The van der Waals surface area contributed by atoms with Crippen LogP contribution in [0, 0.1) is 5.92 Å². The Morgan fingerprint density at radius 2 is 2.56 bits per heavy atom. The molecule has 1 aliphatic heterocycles. The fraction of sp³-hybridized carbons (Fsp3) is 0.667. The Labute approximate surface area is 95.6 Å². The summed E-state index contributed by atoms with van der Waals surface area (Å²) in [7, 11) is 0. The number of carbonyl (C=O) groups is 1. The van der Waals surface area contributed by atoms with Gasteiger partial charge in [-0.05, 0) is 25.4 Å². The zero-order valence-electron chi connectivity index (χ0n) is 9.69. The van der Waals surface area contributed by atoms with Gasteiger partial charge in [-0.3, -0.25) is 0 Å². The molecule has 1 fully saturated rings. The van der Waals surface area contributed by atoms with Crippen LogP contribution in [0.3, 0.4) is 0 Å². The number of oxazole rings is 1. The maximum atomic E-state index is 10.3. The van der Waals surface area contributed by atoms with Crippen molar-refractivity contribution in [2.24, 2.45) is 5.92 Å². The first-order valence-electron chi connectivity index (χ1n) is 5.91. The molecule has 0 radical (unpaired) electrons. The van der Waals surface area contributed by atoms with Crippen molar-refractivity contribution in [2.45, 2.75) is 26.2 Å². The smallest absolute Gasteiger partial charge is 0.194 e. The van der Waals surface area contributed by atoms with Crippen LogP contribution in [0.1, 0.15) is 25.0 Å². The molecule has 0 aromatic carbocycles. The Balaban J connectivity index is 1.86. The van der Waals surface area contributed by atoms with Crippen LogP contribution in [0.5, 0.6) is 0 Å². The molecule has 4 heteroatoms. The van der Waals surface area contributed by atoms with Gasteiger partial charge >= 0.3 is 0 Å². The molecule has 2 heterocycles. The number of rotatable bonds is 5. The van der Waals surface area contributed by atoms with Gasteiger partial charge in [0, 0.05) is 13.0 Å². The second-order valence-corrected chi connectivity index (χ2v) is 4.34. The lowest BCUT2D eigenvalue weighted by Gasteiger charge is -2.11. The van der Waals surface area contributed by atoms with Crippen molar-refractivity contribution in [3.8, 4) is 0 Å². The lowest BCUT2D eigenvalue weighted by atomic mass is 10.1. The summed E-state index contributed by atoms with van der Waals surface area (Å²) in [4.78, 5) is 17.0. The maximum absolute atomic E-state index is 10.3. The van der Waals surface area contributed by atoms with E-state index >= 15 is 0 Å². The molecule has 2 rings (SSSR count). The van der Waals surface area contributed by atoms with Crippen molar-refractivity contribution >= 4 is 6.29 Å². The van der Waals surface area contributed by atoms with Gasteiger partial charge in [0.1, 0.15) is 12.0 Å². The highest BCUT2D eigenvalue weighted by Crippen LogP contribution is 2.20. The molecule has 0 bridgehead atoms. The summed E-state index contributed by atoms with van der Waals surface area (Å²) in [6, 6.07) is 0. The van der Waals surface area contributed by atoms with Crippen LogP contribution in [0.25, 0.3) is 0 Å².